The number of benzene rings is 1. The number of carbonyl (C=O) groups is 1. The number of alkyl halides is 2. The monoisotopic (exact) mass is 285 g/mol. The summed E-state index contributed by atoms with van der Waals surface area (Å²) in [7, 11) is 0. The summed E-state index contributed by atoms with van der Waals surface area (Å²) in [4.78, 5) is 13.9. The SMILES string of the molecule is O=C(c1ccccc1OC(F)F)N1CCC(CO)CC1. The molecule has 1 N–H and O–H groups in total. The van der Waals surface area contributed by atoms with E-state index in [1.165, 1.54) is 12.1 Å². The minimum absolute atomic E-state index is 0.100. The molecule has 6 heteroatoms. The van der Waals surface area contributed by atoms with E-state index in [1.54, 1.807) is 17.0 Å². The first kappa shape index (κ1) is 14.7. The molecule has 4 nitrogen and oxygen atoms in total. The molecule has 1 aliphatic heterocycles. The zero-order valence-corrected chi connectivity index (χ0v) is 11.0. The molecule has 0 radical (unpaired) electrons. The van der Waals surface area contributed by atoms with E-state index in [2.05, 4.69) is 4.74 Å². The number of amides is 1. The molecule has 20 heavy (non-hydrogen) atoms. The minimum atomic E-state index is -2.95. The molecule has 0 aromatic heterocycles. The van der Waals surface area contributed by atoms with Crippen molar-refractivity contribution in [3.05, 3.63) is 29.8 Å². The minimum Gasteiger partial charge on any atom is -0.434 e. The van der Waals surface area contributed by atoms with Gasteiger partial charge in [-0.2, -0.15) is 8.78 Å². The number of piperidine rings is 1. The number of ether oxygens (including phenoxy) is 1. The molecule has 2 rings (SSSR count). The Morgan fingerprint density at radius 2 is 2.00 bits per heavy atom. The van der Waals surface area contributed by atoms with Gasteiger partial charge in [-0.15, -0.1) is 0 Å². The Morgan fingerprint density at radius 3 is 2.60 bits per heavy atom. The molecule has 1 aliphatic rings. The molecule has 0 atom stereocenters. The lowest BCUT2D eigenvalue weighted by molar-refractivity contribution is -0.0503. The van der Waals surface area contributed by atoms with Crippen LogP contribution in [0, 0.1) is 5.92 Å². The summed E-state index contributed by atoms with van der Waals surface area (Å²) in [5.74, 6) is -0.193. The normalized spacial score (nSPS) is 16.5. The van der Waals surface area contributed by atoms with Crippen molar-refractivity contribution in [1.82, 2.24) is 4.90 Å². The van der Waals surface area contributed by atoms with Crippen LogP contribution in [0.4, 0.5) is 8.78 Å². The zero-order valence-electron chi connectivity index (χ0n) is 11.0. The predicted octanol–water partition coefficient (Wildman–Crippen LogP) is 2.13. The summed E-state index contributed by atoms with van der Waals surface area (Å²) >= 11 is 0. The van der Waals surface area contributed by atoms with Gasteiger partial charge in [-0.05, 0) is 30.9 Å². The van der Waals surface area contributed by atoms with Gasteiger partial charge in [0.2, 0.25) is 0 Å². The van der Waals surface area contributed by atoms with Gasteiger partial charge >= 0.3 is 6.61 Å². The lowest BCUT2D eigenvalue weighted by atomic mass is 9.97. The smallest absolute Gasteiger partial charge is 0.387 e. The maximum Gasteiger partial charge on any atom is 0.387 e. The predicted molar refractivity (Wildman–Crippen MR) is 68.8 cm³/mol. The van der Waals surface area contributed by atoms with Crippen molar-refractivity contribution in [3.8, 4) is 5.75 Å². The standard InChI is InChI=1S/C14H17F2NO3/c15-14(16)20-12-4-2-1-3-11(12)13(19)17-7-5-10(9-18)6-8-17/h1-4,10,14,18H,5-9H2. The summed E-state index contributed by atoms with van der Waals surface area (Å²) in [6.45, 7) is -1.79. The molecule has 1 aromatic rings. The van der Waals surface area contributed by atoms with Gasteiger partial charge in [-0.25, -0.2) is 0 Å². The second-order valence-electron chi connectivity index (χ2n) is 4.79. The zero-order chi connectivity index (χ0) is 14.5. The number of hydrogen-bond donors (Lipinski definition) is 1. The molecule has 0 aliphatic carbocycles. The van der Waals surface area contributed by atoms with Crippen LogP contribution in [0.1, 0.15) is 23.2 Å². The summed E-state index contributed by atoms with van der Waals surface area (Å²) < 4.78 is 29.0. The van der Waals surface area contributed by atoms with Crippen LogP contribution in [0.3, 0.4) is 0 Å². The fourth-order valence-corrected chi connectivity index (χ4v) is 2.33. The number of aliphatic hydroxyl groups excluding tert-OH is 1. The van der Waals surface area contributed by atoms with Crippen molar-refractivity contribution < 1.29 is 23.4 Å². The molecular weight excluding hydrogens is 268 g/mol. The topological polar surface area (TPSA) is 49.8 Å². The second-order valence-corrected chi connectivity index (χ2v) is 4.79. The highest BCUT2D eigenvalue weighted by Gasteiger charge is 2.25. The van der Waals surface area contributed by atoms with E-state index < -0.39 is 6.61 Å². The number of halogens is 2. The van der Waals surface area contributed by atoms with Crippen molar-refractivity contribution in [3.63, 3.8) is 0 Å². The van der Waals surface area contributed by atoms with Crippen LogP contribution in [0.25, 0.3) is 0 Å². The van der Waals surface area contributed by atoms with E-state index in [0.717, 1.165) is 12.8 Å². The Morgan fingerprint density at radius 1 is 1.35 bits per heavy atom. The van der Waals surface area contributed by atoms with Crippen LogP contribution in [0.5, 0.6) is 5.75 Å². The summed E-state index contributed by atoms with van der Waals surface area (Å²) in [5, 5.41) is 9.07. The van der Waals surface area contributed by atoms with Crippen LogP contribution in [-0.2, 0) is 0 Å². The number of para-hydroxylation sites is 1. The average Bonchev–Trinajstić information content (AvgIpc) is 2.46. The highest BCUT2D eigenvalue weighted by Crippen LogP contribution is 2.24. The van der Waals surface area contributed by atoms with Gasteiger partial charge in [0.25, 0.3) is 5.91 Å². The fourth-order valence-electron chi connectivity index (χ4n) is 2.33. The number of likely N-dealkylation sites (tertiary alicyclic amines) is 1. The lowest BCUT2D eigenvalue weighted by Crippen LogP contribution is -2.39. The van der Waals surface area contributed by atoms with E-state index in [-0.39, 0.29) is 29.7 Å². The molecule has 1 heterocycles. The number of nitrogens with zero attached hydrogens (tertiary/aromatic N) is 1. The molecule has 1 amide bonds. The van der Waals surface area contributed by atoms with E-state index in [1.807, 2.05) is 0 Å². The third-order valence-electron chi connectivity index (χ3n) is 3.49. The Labute approximate surface area is 116 Å². The maximum atomic E-state index is 12.3. The van der Waals surface area contributed by atoms with E-state index in [0.29, 0.717) is 13.1 Å². The van der Waals surface area contributed by atoms with E-state index >= 15 is 0 Å². The molecule has 0 unspecified atom stereocenters. The quantitative estimate of drug-likeness (QED) is 0.922. The van der Waals surface area contributed by atoms with Crippen molar-refractivity contribution >= 4 is 5.91 Å². The summed E-state index contributed by atoms with van der Waals surface area (Å²) in [5.41, 5.74) is 0.148. The lowest BCUT2D eigenvalue weighted by Gasteiger charge is -2.31. The molecule has 1 saturated heterocycles. The highest BCUT2D eigenvalue weighted by molar-refractivity contribution is 5.97. The first-order chi connectivity index (χ1) is 9.61. The van der Waals surface area contributed by atoms with Crippen molar-refractivity contribution in [2.45, 2.75) is 19.5 Å². The van der Waals surface area contributed by atoms with Gasteiger partial charge in [0.05, 0.1) is 5.56 Å². The number of aliphatic hydroxyl groups is 1. The first-order valence-corrected chi connectivity index (χ1v) is 6.55. The van der Waals surface area contributed by atoms with Gasteiger partial charge in [-0.3, -0.25) is 4.79 Å². The molecule has 1 aromatic carbocycles. The van der Waals surface area contributed by atoms with Crippen LogP contribution in [0.2, 0.25) is 0 Å². The first-order valence-electron chi connectivity index (χ1n) is 6.55. The third-order valence-corrected chi connectivity index (χ3v) is 3.49. The number of carbonyl (C=O) groups excluding carboxylic acids is 1. The van der Waals surface area contributed by atoms with Gasteiger partial charge in [0, 0.05) is 19.7 Å². The maximum absolute atomic E-state index is 12.3. The molecule has 0 spiro atoms. The van der Waals surface area contributed by atoms with Gasteiger partial charge in [0.15, 0.2) is 0 Å². The van der Waals surface area contributed by atoms with Crippen molar-refractivity contribution in [2.24, 2.45) is 5.92 Å². The van der Waals surface area contributed by atoms with Crippen molar-refractivity contribution in [1.29, 1.82) is 0 Å². The number of hydrogen-bond acceptors (Lipinski definition) is 3. The largest absolute Gasteiger partial charge is 0.434 e. The second kappa shape index (κ2) is 6.65. The molecule has 1 fully saturated rings. The molecule has 0 bridgehead atoms. The van der Waals surface area contributed by atoms with Crippen LogP contribution < -0.4 is 4.74 Å². The van der Waals surface area contributed by atoms with Crippen LogP contribution in [0.15, 0.2) is 24.3 Å². The summed E-state index contributed by atoms with van der Waals surface area (Å²) in [6, 6.07) is 6.01. The molecule has 110 valence electrons. The fraction of sp³-hybridized carbons (Fsp3) is 0.500. The Bertz CT molecular complexity index is 459. The Hall–Kier alpha value is -1.69. The Balaban J connectivity index is 2.09. The van der Waals surface area contributed by atoms with Gasteiger partial charge in [0.1, 0.15) is 5.75 Å². The van der Waals surface area contributed by atoms with E-state index in [9.17, 15) is 13.6 Å². The highest BCUT2D eigenvalue weighted by atomic mass is 19.3. The molecule has 0 saturated carbocycles. The summed E-state index contributed by atoms with van der Waals surface area (Å²) in [6.07, 6.45) is 1.44. The van der Waals surface area contributed by atoms with Crippen LogP contribution >= 0.6 is 0 Å². The van der Waals surface area contributed by atoms with E-state index in [4.69, 9.17) is 5.11 Å². The molecular formula is C14H17F2NO3. The van der Waals surface area contributed by atoms with Crippen LogP contribution in [-0.4, -0.2) is 42.2 Å². The van der Waals surface area contributed by atoms with Gasteiger partial charge in [-0.1, -0.05) is 12.1 Å². The van der Waals surface area contributed by atoms with Gasteiger partial charge < -0.3 is 14.7 Å². The number of rotatable bonds is 4. The van der Waals surface area contributed by atoms with Crippen molar-refractivity contribution in [2.75, 3.05) is 19.7 Å². The Kier molecular flexibility index (Phi) is 4.89. The third kappa shape index (κ3) is 3.45. The average molecular weight is 285 g/mol.